The van der Waals surface area contributed by atoms with Crippen LogP contribution in [0.2, 0.25) is 0 Å². The van der Waals surface area contributed by atoms with Crippen LogP contribution in [-0.4, -0.2) is 55.2 Å². The molecular formula is C27H33NO6. The van der Waals surface area contributed by atoms with Gasteiger partial charge in [-0.2, -0.15) is 0 Å². The van der Waals surface area contributed by atoms with E-state index in [1.165, 1.54) is 4.90 Å². The van der Waals surface area contributed by atoms with E-state index in [1.807, 2.05) is 38.1 Å². The van der Waals surface area contributed by atoms with Crippen LogP contribution >= 0.6 is 0 Å². The molecule has 2 aromatic rings. The van der Waals surface area contributed by atoms with E-state index in [9.17, 15) is 14.7 Å². The van der Waals surface area contributed by atoms with Gasteiger partial charge in [0.15, 0.2) is 0 Å². The minimum Gasteiger partial charge on any atom is -0.507 e. The van der Waals surface area contributed by atoms with Crippen LogP contribution in [0.1, 0.15) is 50.3 Å². The van der Waals surface area contributed by atoms with E-state index in [0.717, 1.165) is 12.8 Å². The zero-order valence-corrected chi connectivity index (χ0v) is 20.1. The fraction of sp³-hybridized carbons (Fsp3) is 0.407. The van der Waals surface area contributed by atoms with Crippen LogP contribution in [0.5, 0.6) is 11.5 Å². The van der Waals surface area contributed by atoms with Crippen molar-refractivity contribution in [1.82, 2.24) is 4.90 Å². The minimum absolute atomic E-state index is 0.0669. The number of ether oxygens (including phenoxy) is 3. The van der Waals surface area contributed by atoms with Crippen molar-refractivity contribution < 1.29 is 28.9 Å². The molecule has 182 valence electrons. The highest BCUT2D eigenvalue weighted by Crippen LogP contribution is 2.40. The molecule has 0 radical (unpaired) electrons. The van der Waals surface area contributed by atoms with E-state index in [1.54, 1.807) is 31.4 Å². The van der Waals surface area contributed by atoms with Crippen LogP contribution in [0.25, 0.3) is 5.76 Å². The number of amides is 1. The van der Waals surface area contributed by atoms with Crippen LogP contribution in [-0.2, 0) is 14.3 Å². The first-order chi connectivity index (χ1) is 16.5. The number of aliphatic hydroxyl groups excluding tert-OH is 1. The van der Waals surface area contributed by atoms with Gasteiger partial charge in [-0.3, -0.25) is 9.59 Å². The second-order valence-electron chi connectivity index (χ2n) is 8.13. The highest BCUT2D eigenvalue weighted by Gasteiger charge is 2.45. The van der Waals surface area contributed by atoms with Crippen molar-refractivity contribution >= 4 is 17.4 Å². The van der Waals surface area contributed by atoms with Crippen molar-refractivity contribution in [1.29, 1.82) is 0 Å². The number of hydrogen-bond donors (Lipinski definition) is 1. The number of rotatable bonds is 12. The molecule has 7 nitrogen and oxygen atoms in total. The Labute approximate surface area is 200 Å². The van der Waals surface area contributed by atoms with E-state index in [-0.39, 0.29) is 11.3 Å². The lowest BCUT2D eigenvalue weighted by Gasteiger charge is -2.25. The van der Waals surface area contributed by atoms with Gasteiger partial charge in [0, 0.05) is 25.8 Å². The van der Waals surface area contributed by atoms with Gasteiger partial charge < -0.3 is 24.2 Å². The molecule has 3 rings (SSSR count). The molecule has 1 unspecified atom stereocenters. The van der Waals surface area contributed by atoms with Gasteiger partial charge in [0.05, 0.1) is 24.8 Å². The number of methoxy groups -OCH3 is 1. The van der Waals surface area contributed by atoms with Crippen molar-refractivity contribution in [2.75, 3.05) is 33.5 Å². The quantitative estimate of drug-likeness (QED) is 0.210. The standard InChI is InChI=1S/C27H33NO6/c1-4-15-33-21-12-10-19(11-13-21)25(29)23-24(20-8-6-9-22(18-20)34-16-5-2)28(14-7-17-32-3)27(31)26(23)30/h6,8-13,18,24,29H,4-5,7,14-17H2,1-3H3/b25-23+. The number of carbonyl (C=O) groups excluding carboxylic acids is 2. The lowest BCUT2D eigenvalue weighted by molar-refractivity contribution is -0.140. The number of aliphatic hydroxyl groups is 1. The molecule has 1 aliphatic heterocycles. The van der Waals surface area contributed by atoms with Crippen LogP contribution in [0.15, 0.2) is 54.1 Å². The van der Waals surface area contributed by atoms with Gasteiger partial charge in [0.25, 0.3) is 11.7 Å². The average Bonchev–Trinajstić information content (AvgIpc) is 3.11. The number of carbonyl (C=O) groups is 2. The molecule has 7 heteroatoms. The zero-order chi connectivity index (χ0) is 24.5. The van der Waals surface area contributed by atoms with Gasteiger partial charge in [0.1, 0.15) is 17.3 Å². The number of nitrogens with zero attached hydrogens (tertiary/aromatic N) is 1. The molecule has 0 saturated carbocycles. The molecule has 0 bridgehead atoms. The molecule has 1 fully saturated rings. The maximum atomic E-state index is 13.1. The predicted molar refractivity (Wildman–Crippen MR) is 130 cm³/mol. The van der Waals surface area contributed by atoms with E-state index < -0.39 is 17.7 Å². The van der Waals surface area contributed by atoms with Gasteiger partial charge in [-0.15, -0.1) is 0 Å². The Balaban J connectivity index is 2.03. The number of Topliss-reactive ketones (excluding diaryl/α,β-unsaturated/α-hetero) is 1. The summed E-state index contributed by atoms with van der Waals surface area (Å²) in [5, 5.41) is 11.2. The Morgan fingerprint density at radius 3 is 2.26 bits per heavy atom. The van der Waals surface area contributed by atoms with Crippen molar-refractivity contribution in [3.05, 3.63) is 65.2 Å². The fourth-order valence-corrected chi connectivity index (χ4v) is 3.92. The van der Waals surface area contributed by atoms with Gasteiger partial charge in [0.2, 0.25) is 0 Å². The minimum atomic E-state index is -0.724. The molecule has 0 spiro atoms. The molecular weight excluding hydrogens is 434 g/mol. The average molecular weight is 468 g/mol. The van der Waals surface area contributed by atoms with Crippen molar-refractivity contribution in [2.24, 2.45) is 0 Å². The summed E-state index contributed by atoms with van der Waals surface area (Å²) in [5.74, 6) is -0.217. The maximum Gasteiger partial charge on any atom is 0.295 e. The summed E-state index contributed by atoms with van der Waals surface area (Å²) in [4.78, 5) is 27.6. The van der Waals surface area contributed by atoms with E-state index in [0.29, 0.717) is 55.4 Å². The van der Waals surface area contributed by atoms with E-state index in [4.69, 9.17) is 14.2 Å². The third-order valence-electron chi connectivity index (χ3n) is 5.53. The summed E-state index contributed by atoms with van der Waals surface area (Å²) in [6.45, 7) is 5.97. The lowest BCUT2D eigenvalue weighted by Crippen LogP contribution is -2.31. The zero-order valence-electron chi connectivity index (χ0n) is 20.1. The summed E-state index contributed by atoms with van der Waals surface area (Å²) < 4.78 is 16.5. The van der Waals surface area contributed by atoms with Crippen LogP contribution < -0.4 is 9.47 Å². The van der Waals surface area contributed by atoms with Gasteiger partial charge in [-0.25, -0.2) is 0 Å². The smallest absolute Gasteiger partial charge is 0.295 e. The molecule has 1 atom stereocenters. The van der Waals surface area contributed by atoms with E-state index in [2.05, 4.69) is 0 Å². The second-order valence-corrected chi connectivity index (χ2v) is 8.13. The van der Waals surface area contributed by atoms with Gasteiger partial charge in [-0.05, 0) is 61.2 Å². The molecule has 1 heterocycles. The second kappa shape index (κ2) is 12.2. The first-order valence-electron chi connectivity index (χ1n) is 11.7. The van der Waals surface area contributed by atoms with Gasteiger partial charge in [-0.1, -0.05) is 26.0 Å². The summed E-state index contributed by atoms with van der Waals surface area (Å²) in [5.41, 5.74) is 1.22. The normalized spacial score (nSPS) is 17.3. The highest BCUT2D eigenvalue weighted by molar-refractivity contribution is 6.46. The molecule has 1 N–H and O–H groups in total. The number of ketones is 1. The summed E-state index contributed by atoms with van der Waals surface area (Å²) in [6, 6.07) is 13.5. The highest BCUT2D eigenvalue weighted by atomic mass is 16.5. The number of likely N-dealkylation sites (tertiary alicyclic amines) is 1. The van der Waals surface area contributed by atoms with Crippen LogP contribution in [0, 0.1) is 0 Å². The van der Waals surface area contributed by atoms with Crippen molar-refractivity contribution in [3.63, 3.8) is 0 Å². The van der Waals surface area contributed by atoms with Crippen molar-refractivity contribution in [3.8, 4) is 11.5 Å². The summed E-state index contributed by atoms with van der Waals surface area (Å²) in [6.07, 6.45) is 2.31. The lowest BCUT2D eigenvalue weighted by atomic mass is 9.95. The monoisotopic (exact) mass is 467 g/mol. The first-order valence-corrected chi connectivity index (χ1v) is 11.7. The molecule has 1 amide bonds. The Kier molecular flexibility index (Phi) is 9.10. The Hall–Kier alpha value is -3.32. The Morgan fingerprint density at radius 2 is 1.62 bits per heavy atom. The molecule has 2 aromatic carbocycles. The summed E-state index contributed by atoms with van der Waals surface area (Å²) in [7, 11) is 1.59. The molecule has 0 aliphatic carbocycles. The molecule has 1 saturated heterocycles. The van der Waals surface area contributed by atoms with Crippen LogP contribution in [0.3, 0.4) is 0 Å². The Morgan fingerprint density at radius 1 is 0.941 bits per heavy atom. The van der Waals surface area contributed by atoms with Crippen molar-refractivity contribution in [2.45, 2.75) is 39.2 Å². The Bertz CT molecular complexity index is 1010. The molecule has 0 aromatic heterocycles. The van der Waals surface area contributed by atoms with E-state index >= 15 is 0 Å². The molecule has 34 heavy (non-hydrogen) atoms. The van der Waals surface area contributed by atoms with Crippen LogP contribution in [0.4, 0.5) is 0 Å². The largest absolute Gasteiger partial charge is 0.507 e. The third-order valence-corrected chi connectivity index (χ3v) is 5.53. The molecule has 1 aliphatic rings. The maximum absolute atomic E-state index is 13.1. The summed E-state index contributed by atoms with van der Waals surface area (Å²) >= 11 is 0. The number of hydrogen-bond acceptors (Lipinski definition) is 6. The SMILES string of the molecule is CCCOc1ccc(/C(O)=C2\C(=O)C(=O)N(CCCOC)C2c2cccc(OCCC)c2)cc1. The number of benzene rings is 2. The van der Waals surface area contributed by atoms with Gasteiger partial charge >= 0.3 is 0 Å². The topological polar surface area (TPSA) is 85.3 Å². The fourth-order valence-electron chi connectivity index (χ4n) is 3.92. The first kappa shape index (κ1) is 25.3. The third kappa shape index (κ3) is 5.78. The predicted octanol–water partition coefficient (Wildman–Crippen LogP) is 4.72.